The Morgan fingerprint density at radius 2 is 1.73 bits per heavy atom. The molecule has 0 saturated heterocycles. The minimum absolute atomic E-state index is 0.0181. The first-order valence-corrected chi connectivity index (χ1v) is 12.2. The summed E-state index contributed by atoms with van der Waals surface area (Å²) in [6.07, 6.45) is -5.97. The lowest BCUT2D eigenvalue weighted by Crippen LogP contribution is -2.31. The fourth-order valence-electron chi connectivity index (χ4n) is 4.64. The van der Waals surface area contributed by atoms with E-state index in [1.807, 2.05) is 6.07 Å². The molecule has 4 aromatic rings. The van der Waals surface area contributed by atoms with E-state index >= 15 is 0 Å². The molecule has 0 saturated carbocycles. The van der Waals surface area contributed by atoms with E-state index in [-0.39, 0.29) is 35.4 Å². The molecule has 5 rings (SSSR count). The summed E-state index contributed by atoms with van der Waals surface area (Å²) in [6.45, 7) is 1.48. The summed E-state index contributed by atoms with van der Waals surface area (Å²) < 4.78 is 42.2. The molecule has 0 unspecified atom stereocenters. The van der Waals surface area contributed by atoms with Crippen molar-refractivity contribution >= 4 is 23.7 Å². The van der Waals surface area contributed by atoms with E-state index in [4.69, 9.17) is 0 Å². The van der Waals surface area contributed by atoms with Gasteiger partial charge in [-0.3, -0.25) is 4.90 Å². The molecule has 3 aromatic carbocycles. The Bertz CT molecular complexity index is 1730. The number of nitrogens with zero attached hydrogens (tertiary/aromatic N) is 7. The molecule has 1 aliphatic rings. The van der Waals surface area contributed by atoms with Crippen molar-refractivity contribution in [2.75, 3.05) is 9.80 Å². The normalized spacial score (nSPS) is 14.7. The van der Waals surface area contributed by atoms with Crippen molar-refractivity contribution in [1.29, 1.82) is 10.5 Å². The van der Waals surface area contributed by atoms with E-state index < -0.39 is 23.9 Å². The summed E-state index contributed by atoms with van der Waals surface area (Å²) in [5.74, 6) is -0.205. The average molecular weight is 556 g/mol. The molecule has 204 valence electrons. The standard InChI is InChI=1S/C29H20F3N7O2/c1-18-24(16-34)25(21-12-10-19(15-33)11-13-21)39-27(38(18)23-9-5-8-22(14-23)29(30,31)32)35-26(36-39)37(28(40)41)17-20-6-3-2-4-7-20/h2-14,25H,17H2,1H3,(H,40,41)/t25-/m1/s1. The van der Waals surface area contributed by atoms with Crippen LogP contribution in [0.25, 0.3) is 0 Å². The van der Waals surface area contributed by atoms with Crippen molar-refractivity contribution in [1.82, 2.24) is 14.8 Å². The van der Waals surface area contributed by atoms with Crippen molar-refractivity contribution in [3.8, 4) is 12.1 Å². The summed E-state index contributed by atoms with van der Waals surface area (Å²) in [5.41, 5.74) is 1.19. The zero-order valence-corrected chi connectivity index (χ0v) is 21.4. The first-order valence-electron chi connectivity index (χ1n) is 12.2. The van der Waals surface area contributed by atoms with Crippen molar-refractivity contribution in [3.05, 3.63) is 112 Å². The number of nitriles is 2. The molecular weight excluding hydrogens is 535 g/mol. The summed E-state index contributed by atoms with van der Waals surface area (Å²) in [6, 6.07) is 23.0. The lowest BCUT2D eigenvalue weighted by Gasteiger charge is -2.34. The van der Waals surface area contributed by atoms with E-state index in [1.165, 1.54) is 21.7 Å². The Hall–Kier alpha value is -5.62. The summed E-state index contributed by atoms with van der Waals surface area (Å²) in [5, 5.41) is 34.0. The van der Waals surface area contributed by atoms with Gasteiger partial charge in [-0.25, -0.2) is 14.4 Å². The molecule has 41 heavy (non-hydrogen) atoms. The van der Waals surface area contributed by atoms with E-state index in [9.17, 15) is 33.6 Å². The van der Waals surface area contributed by atoms with Gasteiger partial charge in [0.2, 0.25) is 5.95 Å². The van der Waals surface area contributed by atoms with Crippen LogP contribution in [0.3, 0.4) is 0 Å². The van der Waals surface area contributed by atoms with Crippen LogP contribution in [0.4, 0.5) is 35.5 Å². The van der Waals surface area contributed by atoms with Gasteiger partial charge in [-0.2, -0.15) is 28.7 Å². The smallest absolute Gasteiger partial charge is 0.416 e. The minimum atomic E-state index is -4.62. The zero-order chi connectivity index (χ0) is 29.3. The predicted octanol–water partition coefficient (Wildman–Crippen LogP) is 6.39. The molecule has 1 atom stereocenters. The number of allylic oxidation sites excluding steroid dienone is 2. The summed E-state index contributed by atoms with van der Waals surface area (Å²) in [4.78, 5) is 19.1. The highest BCUT2D eigenvalue weighted by Crippen LogP contribution is 2.43. The lowest BCUT2D eigenvalue weighted by atomic mass is 9.95. The second kappa shape index (κ2) is 10.5. The number of benzene rings is 3. The third-order valence-electron chi connectivity index (χ3n) is 6.61. The van der Waals surface area contributed by atoms with Crippen LogP contribution in [0.15, 0.2) is 90.1 Å². The van der Waals surface area contributed by atoms with Gasteiger partial charge in [-0.05, 0) is 48.4 Å². The molecular formula is C29H20F3N7O2. The molecule has 1 N–H and O–H groups in total. The first kappa shape index (κ1) is 27.0. The molecule has 12 heteroatoms. The van der Waals surface area contributed by atoms with Crippen LogP contribution in [0.2, 0.25) is 0 Å². The van der Waals surface area contributed by atoms with E-state index in [0.717, 1.165) is 17.0 Å². The molecule has 9 nitrogen and oxygen atoms in total. The molecule has 2 heterocycles. The number of carbonyl (C=O) groups is 1. The monoisotopic (exact) mass is 555 g/mol. The SMILES string of the molecule is CC1=C(C#N)[C@@H](c2ccc(C#N)cc2)n2nc(N(Cc3ccccc3)C(=O)O)nc2N1c1cccc(C(F)(F)F)c1. The van der Waals surface area contributed by atoms with Crippen molar-refractivity contribution in [2.45, 2.75) is 25.7 Å². The molecule has 0 spiro atoms. The van der Waals surface area contributed by atoms with Crippen LogP contribution >= 0.6 is 0 Å². The fourth-order valence-corrected chi connectivity index (χ4v) is 4.64. The van der Waals surface area contributed by atoms with Crippen LogP contribution < -0.4 is 9.80 Å². The number of aromatic nitrogens is 3. The number of rotatable bonds is 5. The van der Waals surface area contributed by atoms with Crippen LogP contribution in [0, 0.1) is 22.7 Å². The van der Waals surface area contributed by atoms with Gasteiger partial charge in [-0.15, -0.1) is 5.10 Å². The molecule has 0 aliphatic carbocycles. The Morgan fingerprint density at radius 1 is 1.02 bits per heavy atom. The molecule has 1 amide bonds. The quantitative estimate of drug-likeness (QED) is 0.303. The number of carboxylic acid groups (broad SMARTS) is 1. The number of amides is 1. The molecule has 0 radical (unpaired) electrons. The second-order valence-electron chi connectivity index (χ2n) is 9.14. The van der Waals surface area contributed by atoms with Crippen LogP contribution in [0.1, 0.15) is 35.2 Å². The number of hydrogen-bond acceptors (Lipinski definition) is 6. The largest absolute Gasteiger partial charge is 0.465 e. The maximum atomic E-state index is 13.6. The summed E-state index contributed by atoms with van der Waals surface area (Å²) >= 11 is 0. The van der Waals surface area contributed by atoms with Gasteiger partial charge in [0.05, 0.1) is 35.4 Å². The zero-order valence-electron chi connectivity index (χ0n) is 21.4. The van der Waals surface area contributed by atoms with Crippen LogP contribution in [-0.2, 0) is 12.7 Å². The highest BCUT2D eigenvalue weighted by molar-refractivity contribution is 5.84. The van der Waals surface area contributed by atoms with E-state index in [1.54, 1.807) is 61.5 Å². The van der Waals surface area contributed by atoms with Crippen LogP contribution in [0.5, 0.6) is 0 Å². The van der Waals surface area contributed by atoms with Gasteiger partial charge in [0.15, 0.2) is 0 Å². The topological polar surface area (TPSA) is 122 Å². The molecule has 0 fully saturated rings. The fraction of sp³-hybridized carbons (Fsp3) is 0.138. The molecule has 1 aromatic heterocycles. The Kier molecular flexibility index (Phi) is 6.91. The number of alkyl halides is 3. The van der Waals surface area contributed by atoms with Gasteiger partial charge < -0.3 is 5.11 Å². The number of halogens is 3. The van der Waals surface area contributed by atoms with Crippen molar-refractivity contribution in [2.24, 2.45) is 0 Å². The van der Waals surface area contributed by atoms with Gasteiger partial charge in [0.25, 0.3) is 5.95 Å². The highest BCUT2D eigenvalue weighted by Gasteiger charge is 2.38. The van der Waals surface area contributed by atoms with Gasteiger partial charge in [-0.1, -0.05) is 48.5 Å². The predicted molar refractivity (Wildman–Crippen MR) is 142 cm³/mol. The Morgan fingerprint density at radius 3 is 2.34 bits per heavy atom. The third-order valence-corrected chi connectivity index (χ3v) is 6.61. The second-order valence-corrected chi connectivity index (χ2v) is 9.14. The van der Waals surface area contributed by atoms with Crippen LogP contribution in [-0.4, -0.2) is 26.0 Å². The summed E-state index contributed by atoms with van der Waals surface area (Å²) in [7, 11) is 0. The van der Waals surface area contributed by atoms with E-state index in [2.05, 4.69) is 16.2 Å². The highest BCUT2D eigenvalue weighted by atomic mass is 19.4. The van der Waals surface area contributed by atoms with Gasteiger partial charge in [0.1, 0.15) is 6.04 Å². The van der Waals surface area contributed by atoms with Gasteiger partial charge in [0, 0.05) is 11.4 Å². The first-order chi connectivity index (χ1) is 19.6. The van der Waals surface area contributed by atoms with E-state index in [0.29, 0.717) is 16.7 Å². The minimum Gasteiger partial charge on any atom is -0.465 e. The Balaban J connectivity index is 1.72. The molecule has 0 bridgehead atoms. The molecule has 1 aliphatic heterocycles. The lowest BCUT2D eigenvalue weighted by molar-refractivity contribution is -0.137. The number of fused-ring (bicyclic) bond motifs is 1. The average Bonchev–Trinajstić information content (AvgIpc) is 3.39. The third kappa shape index (κ3) is 5.06. The van der Waals surface area contributed by atoms with Crippen molar-refractivity contribution in [3.63, 3.8) is 0 Å². The number of hydrogen-bond donors (Lipinski definition) is 1. The maximum Gasteiger partial charge on any atom is 0.416 e. The van der Waals surface area contributed by atoms with Crippen molar-refractivity contribution < 1.29 is 23.1 Å². The Labute approximate surface area is 232 Å². The maximum absolute atomic E-state index is 13.6. The van der Waals surface area contributed by atoms with Gasteiger partial charge >= 0.3 is 12.3 Å². The number of anilines is 3.